The van der Waals surface area contributed by atoms with Gasteiger partial charge < -0.3 is 16.0 Å². The number of hydrogen-bond donors (Lipinski definition) is 2. The first-order valence-electron chi connectivity index (χ1n) is 5.61. The minimum absolute atomic E-state index is 0.567. The van der Waals surface area contributed by atoms with Crippen molar-refractivity contribution in [3.63, 3.8) is 0 Å². The molecule has 0 atom stereocenters. The molecular formula is C12H18N4. The van der Waals surface area contributed by atoms with E-state index in [1.165, 1.54) is 0 Å². The number of rotatable bonds is 2. The Labute approximate surface area is 96.2 Å². The molecule has 0 spiro atoms. The zero-order valence-electron chi connectivity index (χ0n) is 9.61. The largest absolute Gasteiger partial charge is 0.346 e. The van der Waals surface area contributed by atoms with Gasteiger partial charge in [-0.15, -0.1) is 0 Å². The van der Waals surface area contributed by atoms with Crippen molar-refractivity contribution in [2.75, 3.05) is 25.5 Å². The third kappa shape index (κ3) is 2.52. The van der Waals surface area contributed by atoms with Gasteiger partial charge in [-0.1, -0.05) is 12.1 Å². The van der Waals surface area contributed by atoms with E-state index in [2.05, 4.69) is 28.3 Å². The van der Waals surface area contributed by atoms with Gasteiger partial charge in [0.15, 0.2) is 5.96 Å². The van der Waals surface area contributed by atoms with Crippen LogP contribution in [0.3, 0.4) is 0 Å². The van der Waals surface area contributed by atoms with E-state index in [0.717, 1.165) is 36.7 Å². The van der Waals surface area contributed by atoms with Crippen LogP contribution in [0.2, 0.25) is 0 Å². The van der Waals surface area contributed by atoms with Gasteiger partial charge in [-0.25, -0.2) is 0 Å². The van der Waals surface area contributed by atoms with E-state index < -0.39 is 0 Å². The van der Waals surface area contributed by atoms with Crippen LogP contribution in [0.25, 0.3) is 0 Å². The summed E-state index contributed by atoms with van der Waals surface area (Å²) >= 11 is 0. The molecule has 4 nitrogen and oxygen atoms in total. The van der Waals surface area contributed by atoms with Gasteiger partial charge in [0, 0.05) is 32.4 Å². The molecule has 1 aliphatic heterocycles. The second-order valence-electron chi connectivity index (χ2n) is 4.01. The predicted molar refractivity (Wildman–Crippen MR) is 67.5 cm³/mol. The van der Waals surface area contributed by atoms with Crippen LogP contribution in [0, 0.1) is 0 Å². The fraction of sp³-hybridized carbons (Fsp3) is 0.417. The minimum atomic E-state index is 0.567. The van der Waals surface area contributed by atoms with Gasteiger partial charge in [-0.05, 0) is 24.1 Å². The highest BCUT2D eigenvalue weighted by molar-refractivity contribution is 5.93. The molecule has 0 aliphatic carbocycles. The van der Waals surface area contributed by atoms with Crippen molar-refractivity contribution in [3.05, 3.63) is 29.8 Å². The van der Waals surface area contributed by atoms with Crippen LogP contribution in [0.15, 0.2) is 29.3 Å². The molecule has 0 aromatic heterocycles. The molecule has 0 unspecified atom stereocenters. The summed E-state index contributed by atoms with van der Waals surface area (Å²) in [4.78, 5) is 6.60. The Bertz CT molecular complexity index is 386. The normalized spacial score (nSPS) is 15.9. The Morgan fingerprint density at radius 3 is 3.12 bits per heavy atom. The Morgan fingerprint density at radius 2 is 2.38 bits per heavy atom. The SMILES string of the molecule is CN1CCCN=C1Nc1cccc(CN)c1. The van der Waals surface area contributed by atoms with E-state index in [1.54, 1.807) is 0 Å². The number of anilines is 1. The molecule has 0 saturated heterocycles. The molecule has 1 aromatic rings. The highest BCUT2D eigenvalue weighted by Crippen LogP contribution is 2.12. The average molecular weight is 218 g/mol. The average Bonchev–Trinajstić information content (AvgIpc) is 2.32. The summed E-state index contributed by atoms with van der Waals surface area (Å²) in [7, 11) is 2.05. The van der Waals surface area contributed by atoms with E-state index in [4.69, 9.17) is 5.73 Å². The quantitative estimate of drug-likeness (QED) is 0.785. The molecule has 0 saturated carbocycles. The van der Waals surface area contributed by atoms with Crippen LogP contribution in [-0.2, 0) is 6.54 Å². The molecule has 0 amide bonds. The summed E-state index contributed by atoms with van der Waals surface area (Å²) < 4.78 is 0. The second-order valence-corrected chi connectivity index (χ2v) is 4.01. The second kappa shape index (κ2) is 4.99. The lowest BCUT2D eigenvalue weighted by Crippen LogP contribution is -2.37. The Morgan fingerprint density at radius 1 is 1.50 bits per heavy atom. The van der Waals surface area contributed by atoms with Crippen LogP contribution in [0.5, 0.6) is 0 Å². The van der Waals surface area contributed by atoms with Crippen LogP contribution < -0.4 is 11.1 Å². The summed E-state index contributed by atoms with van der Waals surface area (Å²) in [5.74, 6) is 0.945. The van der Waals surface area contributed by atoms with Crippen molar-refractivity contribution in [1.29, 1.82) is 0 Å². The number of benzene rings is 1. The van der Waals surface area contributed by atoms with E-state index >= 15 is 0 Å². The summed E-state index contributed by atoms with van der Waals surface area (Å²) in [5.41, 5.74) is 7.79. The first-order valence-corrected chi connectivity index (χ1v) is 5.61. The van der Waals surface area contributed by atoms with Crippen molar-refractivity contribution in [3.8, 4) is 0 Å². The first-order chi connectivity index (χ1) is 7.79. The Hall–Kier alpha value is -1.55. The summed E-state index contributed by atoms with van der Waals surface area (Å²) in [5, 5.41) is 3.33. The number of nitrogens with zero attached hydrogens (tertiary/aromatic N) is 2. The predicted octanol–water partition coefficient (Wildman–Crippen LogP) is 1.25. The van der Waals surface area contributed by atoms with Gasteiger partial charge in [-0.3, -0.25) is 4.99 Å². The first kappa shape index (κ1) is 11.0. The molecule has 16 heavy (non-hydrogen) atoms. The van der Waals surface area contributed by atoms with Crippen LogP contribution in [-0.4, -0.2) is 31.0 Å². The van der Waals surface area contributed by atoms with E-state index in [1.807, 2.05) is 18.2 Å². The highest BCUT2D eigenvalue weighted by Gasteiger charge is 2.10. The van der Waals surface area contributed by atoms with Gasteiger partial charge >= 0.3 is 0 Å². The number of nitrogens with one attached hydrogen (secondary N) is 1. The Kier molecular flexibility index (Phi) is 3.41. The maximum absolute atomic E-state index is 5.61. The number of aliphatic imine (C=N–C) groups is 1. The fourth-order valence-electron chi connectivity index (χ4n) is 1.76. The van der Waals surface area contributed by atoms with Crippen molar-refractivity contribution in [2.24, 2.45) is 10.7 Å². The minimum Gasteiger partial charge on any atom is -0.346 e. The van der Waals surface area contributed by atoms with Gasteiger partial charge in [0.25, 0.3) is 0 Å². The number of hydrogen-bond acceptors (Lipinski definition) is 4. The zero-order valence-corrected chi connectivity index (χ0v) is 9.61. The summed E-state index contributed by atoms with van der Waals surface area (Å²) in [6, 6.07) is 8.13. The number of nitrogens with two attached hydrogens (primary N) is 1. The lowest BCUT2D eigenvalue weighted by atomic mass is 10.2. The molecule has 1 aliphatic rings. The molecule has 86 valence electrons. The number of guanidine groups is 1. The van der Waals surface area contributed by atoms with Crippen molar-refractivity contribution in [1.82, 2.24) is 4.90 Å². The van der Waals surface area contributed by atoms with E-state index in [-0.39, 0.29) is 0 Å². The highest BCUT2D eigenvalue weighted by atomic mass is 15.3. The van der Waals surface area contributed by atoms with Gasteiger partial charge in [0.2, 0.25) is 0 Å². The fourth-order valence-corrected chi connectivity index (χ4v) is 1.76. The van der Waals surface area contributed by atoms with Crippen molar-refractivity contribution in [2.45, 2.75) is 13.0 Å². The standard InChI is InChI=1S/C12H18N4/c1-16-7-3-6-14-12(16)15-11-5-2-4-10(8-11)9-13/h2,4-5,8H,3,6-7,9,13H2,1H3,(H,14,15). The van der Waals surface area contributed by atoms with Crippen LogP contribution in [0.1, 0.15) is 12.0 Å². The molecule has 0 bridgehead atoms. The van der Waals surface area contributed by atoms with Gasteiger partial charge in [0.1, 0.15) is 0 Å². The third-order valence-electron chi connectivity index (χ3n) is 2.69. The maximum atomic E-state index is 5.61. The lowest BCUT2D eigenvalue weighted by Gasteiger charge is -2.25. The Balaban J connectivity index is 2.10. The van der Waals surface area contributed by atoms with Gasteiger partial charge in [0.05, 0.1) is 0 Å². The maximum Gasteiger partial charge on any atom is 0.198 e. The van der Waals surface area contributed by atoms with E-state index in [9.17, 15) is 0 Å². The summed E-state index contributed by atoms with van der Waals surface area (Å²) in [6.07, 6.45) is 1.13. The van der Waals surface area contributed by atoms with E-state index in [0.29, 0.717) is 6.54 Å². The van der Waals surface area contributed by atoms with Crippen LogP contribution >= 0.6 is 0 Å². The smallest absolute Gasteiger partial charge is 0.198 e. The molecule has 0 fully saturated rings. The summed E-state index contributed by atoms with van der Waals surface area (Å²) in [6.45, 7) is 2.53. The molecule has 1 aromatic carbocycles. The van der Waals surface area contributed by atoms with Crippen molar-refractivity contribution >= 4 is 11.6 Å². The molecule has 4 heteroatoms. The molecule has 0 radical (unpaired) electrons. The zero-order chi connectivity index (χ0) is 11.4. The topological polar surface area (TPSA) is 53.6 Å². The molecule has 1 heterocycles. The third-order valence-corrected chi connectivity index (χ3v) is 2.69. The lowest BCUT2D eigenvalue weighted by molar-refractivity contribution is 0.466. The molecule has 3 N–H and O–H groups in total. The van der Waals surface area contributed by atoms with Gasteiger partial charge in [-0.2, -0.15) is 0 Å². The monoisotopic (exact) mass is 218 g/mol. The van der Waals surface area contributed by atoms with Crippen molar-refractivity contribution < 1.29 is 0 Å². The van der Waals surface area contributed by atoms with Crippen LogP contribution in [0.4, 0.5) is 5.69 Å². The molecule has 2 rings (SSSR count). The molecular weight excluding hydrogens is 200 g/mol.